The molecular weight excluding hydrogens is 364 g/mol. The van der Waals surface area contributed by atoms with Gasteiger partial charge in [0.2, 0.25) is 11.8 Å². The summed E-state index contributed by atoms with van der Waals surface area (Å²) in [4.78, 5) is 29.9. The van der Waals surface area contributed by atoms with Crippen molar-refractivity contribution in [2.24, 2.45) is 5.92 Å². The van der Waals surface area contributed by atoms with Gasteiger partial charge in [-0.1, -0.05) is 31.4 Å². The highest BCUT2D eigenvalue weighted by Crippen LogP contribution is 2.41. The van der Waals surface area contributed by atoms with Gasteiger partial charge in [0.05, 0.1) is 19.2 Å². The molecule has 1 aliphatic carbocycles. The molecule has 1 aromatic rings. The molecule has 3 aliphatic rings. The number of carbonyl (C=O) groups is 2. The molecule has 0 unspecified atom stereocenters. The summed E-state index contributed by atoms with van der Waals surface area (Å²) in [5, 5.41) is 0. The zero-order valence-corrected chi connectivity index (χ0v) is 17.8. The lowest BCUT2D eigenvalue weighted by Crippen LogP contribution is -2.54. The second-order valence-corrected chi connectivity index (χ2v) is 9.05. The maximum atomic E-state index is 13.4. The maximum absolute atomic E-state index is 13.4. The zero-order valence-electron chi connectivity index (χ0n) is 17.8. The molecule has 0 radical (unpaired) electrons. The molecule has 0 bridgehead atoms. The van der Waals surface area contributed by atoms with Crippen molar-refractivity contribution in [2.75, 3.05) is 20.2 Å². The van der Waals surface area contributed by atoms with Crippen molar-refractivity contribution in [1.82, 2.24) is 9.80 Å². The number of hydrogen-bond acceptors (Lipinski definition) is 3. The third-order valence-electron chi connectivity index (χ3n) is 7.32. The second kappa shape index (κ2) is 8.76. The molecule has 2 heterocycles. The van der Waals surface area contributed by atoms with Crippen molar-refractivity contribution in [3.63, 3.8) is 0 Å². The Morgan fingerprint density at radius 2 is 1.72 bits per heavy atom. The second-order valence-electron chi connectivity index (χ2n) is 9.05. The van der Waals surface area contributed by atoms with Crippen LogP contribution >= 0.6 is 0 Å². The average molecular weight is 399 g/mol. The van der Waals surface area contributed by atoms with E-state index in [-0.39, 0.29) is 23.9 Å². The number of carbonyl (C=O) groups excluding carboxylic acids is 2. The fourth-order valence-corrected chi connectivity index (χ4v) is 5.84. The standard InChI is InChI=1S/C24H34N2O3/c1-17(27)26-16-21(19-10-12-20(29-2)13-11-19)24-22(26)9-6-14-25(24)23(28)15-18-7-4-3-5-8-18/h10-13,18,21-22,24H,3-9,14-16H2,1-2H3/t21-,22-,24-/m1/s1. The Morgan fingerprint density at radius 3 is 2.38 bits per heavy atom. The van der Waals surface area contributed by atoms with Crippen molar-refractivity contribution in [3.8, 4) is 5.75 Å². The predicted molar refractivity (Wildman–Crippen MR) is 113 cm³/mol. The molecule has 2 amide bonds. The number of nitrogens with zero attached hydrogens (tertiary/aromatic N) is 2. The van der Waals surface area contributed by atoms with Gasteiger partial charge < -0.3 is 14.5 Å². The Balaban J connectivity index is 1.58. The van der Waals surface area contributed by atoms with E-state index in [9.17, 15) is 9.59 Å². The Hall–Kier alpha value is -2.04. The molecule has 3 atom stereocenters. The van der Waals surface area contributed by atoms with E-state index in [1.807, 2.05) is 17.0 Å². The number of amides is 2. The Labute approximate surface area is 174 Å². The van der Waals surface area contributed by atoms with Crippen LogP contribution in [0.1, 0.15) is 69.8 Å². The van der Waals surface area contributed by atoms with E-state index in [2.05, 4.69) is 17.0 Å². The first-order valence-corrected chi connectivity index (χ1v) is 11.3. The van der Waals surface area contributed by atoms with E-state index >= 15 is 0 Å². The third kappa shape index (κ3) is 4.15. The number of piperidine rings is 1. The summed E-state index contributed by atoms with van der Waals surface area (Å²) in [6.07, 6.45) is 8.86. The summed E-state index contributed by atoms with van der Waals surface area (Å²) in [6.45, 7) is 3.19. The van der Waals surface area contributed by atoms with Gasteiger partial charge in [0.25, 0.3) is 0 Å². The van der Waals surface area contributed by atoms with Crippen molar-refractivity contribution in [3.05, 3.63) is 29.8 Å². The Kier molecular flexibility index (Phi) is 6.12. The van der Waals surface area contributed by atoms with E-state index in [4.69, 9.17) is 4.74 Å². The number of likely N-dealkylation sites (tertiary alicyclic amines) is 2. The number of fused-ring (bicyclic) bond motifs is 1. The van der Waals surface area contributed by atoms with Gasteiger partial charge in [-0.05, 0) is 49.3 Å². The minimum Gasteiger partial charge on any atom is -0.497 e. The predicted octanol–water partition coefficient (Wildman–Crippen LogP) is 3.97. The van der Waals surface area contributed by atoms with Crippen LogP contribution in [0, 0.1) is 5.92 Å². The van der Waals surface area contributed by atoms with E-state index < -0.39 is 0 Å². The van der Waals surface area contributed by atoms with Crippen molar-refractivity contribution in [2.45, 2.75) is 76.3 Å². The Morgan fingerprint density at radius 1 is 1.00 bits per heavy atom. The van der Waals surface area contributed by atoms with Gasteiger partial charge in [-0.15, -0.1) is 0 Å². The van der Waals surface area contributed by atoms with E-state index in [0.717, 1.165) is 25.1 Å². The number of ether oxygens (including phenoxy) is 1. The van der Waals surface area contributed by atoms with Gasteiger partial charge in [-0.3, -0.25) is 9.59 Å². The van der Waals surface area contributed by atoms with Crippen LogP contribution in [0.5, 0.6) is 5.75 Å². The molecule has 0 aromatic heterocycles. The van der Waals surface area contributed by atoms with Crippen molar-refractivity contribution >= 4 is 11.8 Å². The molecule has 2 saturated heterocycles. The monoisotopic (exact) mass is 398 g/mol. The summed E-state index contributed by atoms with van der Waals surface area (Å²) >= 11 is 0. The molecule has 29 heavy (non-hydrogen) atoms. The fraction of sp³-hybridized carbons (Fsp3) is 0.667. The Bertz CT molecular complexity index is 726. The first kappa shape index (κ1) is 20.2. The topological polar surface area (TPSA) is 49.9 Å². The van der Waals surface area contributed by atoms with Crippen LogP contribution in [0.4, 0.5) is 0 Å². The van der Waals surface area contributed by atoms with Gasteiger partial charge >= 0.3 is 0 Å². The maximum Gasteiger partial charge on any atom is 0.223 e. The average Bonchev–Trinajstić information content (AvgIpc) is 3.14. The van der Waals surface area contributed by atoms with Gasteiger partial charge in [-0.25, -0.2) is 0 Å². The van der Waals surface area contributed by atoms with Crippen LogP contribution < -0.4 is 4.74 Å². The number of benzene rings is 1. The molecule has 0 spiro atoms. The van der Waals surface area contributed by atoms with E-state index in [1.54, 1.807) is 14.0 Å². The molecule has 158 valence electrons. The smallest absolute Gasteiger partial charge is 0.223 e. The molecule has 1 aromatic carbocycles. The number of methoxy groups -OCH3 is 1. The first-order chi connectivity index (χ1) is 14.1. The van der Waals surface area contributed by atoms with Crippen LogP contribution in [0.3, 0.4) is 0 Å². The molecular formula is C24H34N2O3. The molecule has 2 aliphatic heterocycles. The van der Waals surface area contributed by atoms with Crippen LogP contribution in [0.25, 0.3) is 0 Å². The lowest BCUT2D eigenvalue weighted by atomic mass is 9.83. The largest absolute Gasteiger partial charge is 0.497 e. The minimum absolute atomic E-state index is 0.0946. The SMILES string of the molecule is COc1ccc([C@H]2CN(C(C)=O)[C@@H]3CCCN(C(=O)CC4CCCCC4)[C@H]23)cc1. The molecule has 3 fully saturated rings. The van der Waals surface area contributed by atoms with Crippen molar-refractivity contribution in [1.29, 1.82) is 0 Å². The number of hydrogen-bond donors (Lipinski definition) is 0. The molecule has 5 heteroatoms. The molecule has 0 N–H and O–H groups in total. The molecule has 5 nitrogen and oxygen atoms in total. The minimum atomic E-state index is 0.0946. The summed E-state index contributed by atoms with van der Waals surface area (Å²) < 4.78 is 5.31. The van der Waals surface area contributed by atoms with Gasteiger partial charge in [0.15, 0.2) is 0 Å². The summed E-state index contributed by atoms with van der Waals surface area (Å²) in [6, 6.07) is 8.40. The summed E-state index contributed by atoms with van der Waals surface area (Å²) in [7, 11) is 1.67. The quantitative estimate of drug-likeness (QED) is 0.771. The molecule has 4 rings (SSSR count). The van der Waals surface area contributed by atoms with Gasteiger partial charge in [0, 0.05) is 32.4 Å². The first-order valence-electron chi connectivity index (χ1n) is 11.3. The third-order valence-corrected chi connectivity index (χ3v) is 7.32. The summed E-state index contributed by atoms with van der Waals surface area (Å²) in [5.74, 6) is 1.97. The van der Waals surface area contributed by atoms with Crippen LogP contribution in [0.2, 0.25) is 0 Å². The van der Waals surface area contributed by atoms with Gasteiger partial charge in [0.1, 0.15) is 5.75 Å². The van der Waals surface area contributed by atoms with Crippen molar-refractivity contribution < 1.29 is 14.3 Å². The highest BCUT2D eigenvalue weighted by Gasteiger charge is 2.49. The summed E-state index contributed by atoms with van der Waals surface area (Å²) in [5.41, 5.74) is 1.20. The number of rotatable bonds is 4. The highest BCUT2D eigenvalue weighted by molar-refractivity contribution is 5.78. The van der Waals surface area contributed by atoms with E-state index in [1.165, 1.54) is 37.7 Å². The zero-order chi connectivity index (χ0) is 20.4. The van der Waals surface area contributed by atoms with Crippen LogP contribution in [-0.2, 0) is 9.59 Å². The van der Waals surface area contributed by atoms with Crippen LogP contribution in [0.15, 0.2) is 24.3 Å². The highest BCUT2D eigenvalue weighted by atomic mass is 16.5. The fourth-order valence-electron chi connectivity index (χ4n) is 5.84. The van der Waals surface area contributed by atoms with Gasteiger partial charge in [-0.2, -0.15) is 0 Å². The lowest BCUT2D eigenvalue weighted by Gasteiger charge is -2.42. The molecule has 1 saturated carbocycles. The normalized spacial score (nSPS) is 27.6. The van der Waals surface area contributed by atoms with E-state index in [0.29, 0.717) is 24.8 Å². The van der Waals surface area contributed by atoms with Crippen LogP contribution in [-0.4, -0.2) is 53.9 Å². The lowest BCUT2D eigenvalue weighted by molar-refractivity contribution is -0.139.